The van der Waals surface area contributed by atoms with Crippen LogP contribution in [0, 0.1) is 13.8 Å². The van der Waals surface area contributed by atoms with Gasteiger partial charge in [0.2, 0.25) is 6.04 Å². The van der Waals surface area contributed by atoms with Gasteiger partial charge in [-0.3, -0.25) is 4.79 Å². The minimum atomic E-state index is -1.53. The fourth-order valence-corrected chi connectivity index (χ4v) is 2.45. The van der Waals surface area contributed by atoms with Crippen molar-refractivity contribution in [2.24, 2.45) is 0 Å². The zero-order valence-electron chi connectivity index (χ0n) is 16.8. The van der Waals surface area contributed by atoms with Crippen molar-refractivity contribution < 1.29 is 33.1 Å². The van der Waals surface area contributed by atoms with Crippen LogP contribution in [0.3, 0.4) is 0 Å². The Bertz CT molecular complexity index is 821. The summed E-state index contributed by atoms with van der Waals surface area (Å²) in [5, 5.41) is 6.21. The Morgan fingerprint density at radius 2 is 1.62 bits per heavy atom. The maximum Gasteiger partial charge on any atom is 0.340 e. The SMILES string of the molecule is CCOC(=O)C(NC(=O)c1ccc(OCc2c(C)noc2C)cc1)C(=O)OCC. The number of aryl methyl sites for hydroxylation is 2. The van der Waals surface area contributed by atoms with Gasteiger partial charge in [0.25, 0.3) is 5.91 Å². The van der Waals surface area contributed by atoms with E-state index in [0.717, 1.165) is 11.3 Å². The summed E-state index contributed by atoms with van der Waals surface area (Å²) < 4.78 is 20.4. The van der Waals surface area contributed by atoms with Gasteiger partial charge in [0.15, 0.2) is 0 Å². The first kappa shape index (κ1) is 21.9. The number of carbonyl (C=O) groups excluding carboxylic acids is 3. The number of hydrogen-bond donors (Lipinski definition) is 1. The number of rotatable bonds is 9. The van der Waals surface area contributed by atoms with Crippen LogP contribution in [0.15, 0.2) is 28.8 Å². The summed E-state index contributed by atoms with van der Waals surface area (Å²) in [6.45, 7) is 7.25. The molecule has 0 saturated heterocycles. The van der Waals surface area contributed by atoms with Crippen molar-refractivity contribution in [3.63, 3.8) is 0 Å². The lowest BCUT2D eigenvalue weighted by Crippen LogP contribution is -2.48. The van der Waals surface area contributed by atoms with E-state index in [1.807, 2.05) is 6.92 Å². The lowest BCUT2D eigenvalue weighted by molar-refractivity contribution is -0.157. The second-order valence-corrected chi connectivity index (χ2v) is 6.03. The third kappa shape index (κ3) is 5.81. The van der Waals surface area contributed by atoms with E-state index in [0.29, 0.717) is 11.5 Å². The normalized spacial score (nSPS) is 10.5. The summed E-state index contributed by atoms with van der Waals surface area (Å²) in [6, 6.07) is 4.72. The molecule has 1 heterocycles. The molecule has 0 aliphatic heterocycles. The van der Waals surface area contributed by atoms with Gasteiger partial charge >= 0.3 is 11.9 Å². The van der Waals surface area contributed by atoms with Crippen LogP contribution in [0.5, 0.6) is 5.75 Å². The minimum Gasteiger partial charge on any atom is -0.489 e. The van der Waals surface area contributed by atoms with E-state index in [9.17, 15) is 14.4 Å². The Hall–Kier alpha value is -3.36. The summed E-state index contributed by atoms with van der Waals surface area (Å²) in [5.74, 6) is -1.15. The highest BCUT2D eigenvalue weighted by Gasteiger charge is 2.31. The summed E-state index contributed by atoms with van der Waals surface area (Å²) in [6.07, 6.45) is 0. The largest absolute Gasteiger partial charge is 0.489 e. The second kappa shape index (κ2) is 10.3. The lowest BCUT2D eigenvalue weighted by atomic mass is 10.2. The van der Waals surface area contributed by atoms with Crippen LogP contribution in [0.2, 0.25) is 0 Å². The van der Waals surface area contributed by atoms with Crippen molar-refractivity contribution in [1.29, 1.82) is 0 Å². The third-order valence-corrected chi connectivity index (χ3v) is 4.00. The molecule has 0 spiro atoms. The van der Waals surface area contributed by atoms with E-state index in [1.165, 1.54) is 12.1 Å². The molecule has 0 bridgehead atoms. The van der Waals surface area contributed by atoms with Gasteiger partial charge in [-0.15, -0.1) is 0 Å². The molecular weight excluding hydrogens is 380 g/mol. The molecule has 0 unspecified atom stereocenters. The second-order valence-electron chi connectivity index (χ2n) is 6.03. The highest BCUT2D eigenvalue weighted by Crippen LogP contribution is 2.18. The van der Waals surface area contributed by atoms with Crippen LogP contribution in [0.4, 0.5) is 0 Å². The average Bonchev–Trinajstić information content (AvgIpc) is 3.02. The number of amides is 1. The number of nitrogens with zero attached hydrogens (tertiary/aromatic N) is 1. The average molecular weight is 404 g/mol. The fourth-order valence-electron chi connectivity index (χ4n) is 2.45. The molecule has 0 radical (unpaired) electrons. The molecular formula is C20H24N2O7. The van der Waals surface area contributed by atoms with Crippen LogP contribution < -0.4 is 10.1 Å². The van der Waals surface area contributed by atoms with Crippen molar-refractivity contribution >= 4 is 17.8 Å². The molecule has 1 amide bonds. The predicted molar refractivity (Wildman–Crippen MR) is 101 cm³/mol. The molecule has 2 aromatic rings. The van der Waals surface area contributed by atoms with E-state index < -0.39 is 23.9 Å². The van der Waals surface area contributed by atoms with Gasteiger partial charge in [-0.2, -0.15) is 0 Å². The number of esters is 2. The maximum atomic E-state index is 12.4. The van der Waals surface area contributed by atoms with Crippen LogP contribution in [0.1, 0.15) is 41.2 Å². The topological polar surface area (TPSA) is 117 Å². The molecule has 29 heavy (non-hydrogen) atoms. The first-order valence-electron chi connectivity index (χ1n) is 9.16. The van der Waals surface area contributed by atoms with E-state index >= 15 is 0 Å². The van der Waals surface area contributed by atoms with Gasteiger partial charge in [-0.1, -0.05) is 5.16 Å². The van der Waals surface area contributed by atoms with Gasteiger partial charge in [0.05, 0.1) is 24.5 Å². The highest BCUT2D eigenvalue weighted by molar-refractivity contribution is 6.05. The molecule has 0 aliphatic carbocycles. The molecule has 156 valence electrons. The van der Waals surface area contributed by atoms with Crippen LogP contribution in [-0.4, -0.2) is 42.3 Å². The van der Waals surface area contributed by atoms with Gasteiger partial charge in [-0.05, 0) is 52.0 Å². The van der Waals surface area contributed by atoms with Crippen LogP contribution >= 0.6 is 0 Å². The Morgan fingerprint density at radius 1 is 1.03 bits per heavy atom. The number of carbonyl (C=O) groups is 3. The number of aromatic nitrogens is 1. The van der Waals surface area contributed by atoms with Crippen molar-refractivity contribution in [2.75, 3.05) is 13.2 Å². The zero-order chi connectivity index (χ0) is 21.4. The van der Waals surface area contributed by atoms with Gasteiger partial charge < -0.3 is 24.1 Å². The quantitative estimate of drug-likeness (QED) is 0.499. The van der Waals surface area contributed by atoms with E-state index in [-0.39, 0.29) is 25.4 Å². The lowest BCUT2D eigenvalue weighted by Gasteiger charge is -2.16. The zero-order valence-corrected chi connectivity index (χ0v) is 16.8. The predicted octanol–water partition coefficient (Wildman–Crippen LogP) is 2.10. The van der Waals surface area contributed by atoms with Gasteiger partial charge in [0.1, 0.15) is 18.1 Å². The summed E-state index contributed by atoms with van der Waals surface area (Å²) in [7, 11) is 0. The van der Waals surface area contributed by atoms with Crippen molar-refractivity contribution in [3.05, 3.63) is 46.8 Å². The summed E-state index contributed by atoms with van der Waals surface area (Å²) in [5.41, 5.74) is 1.86. The van der Waals surface area contributed by atoms with Gasteiger partial charge in [-0.25, -0.2) is 9.59 Å². The Labute approximate surface area is 168 Å². The molecule has 0 fully saturated rings. The van der Waals surface area contributed by atoms with Crippen molar-refractivity contribution in [1.82, 2.24) is 10.5 Å². The third-order valence-electron chi connectivity index (χ3n) is 4.00. The molecule has 1 N–H and O–H groups in total. The van der Waals surface area contributed by atoms with Crippen LogP contribution in [-0.2, 0) is 25.7 Å². The molecule has 1 aromatic heterocycles. The molecule has 0 aliphatic rings. The number of nitrogens with one attached hydrogen (secondary N) is 1. The Kier molecular flexibility index (Phi) is 7.76. The molecule has 9 nitrogen and oxygen atoms in total. The smallest absolute Gasteiger partial charge is 0.340 e. The van der Waals surface area contributed by atoms with E-state index in [1.54, 1.807) is 32.9 Å². The van der Waals surface area contributed by atoms with E-state index in [4.69, 9.17) is 18.7 Å². The number of benzene rings is 1. The fraction of sp³-hybridized carbons (Fsp3) is 0.400. The van der Waals surface area contributed by atoms with Crippen molar-refractivity contribution in [3.8, 4) is 5.75 Å². The van der Waals surface area contributed by atoms with Crippen molar-refractivity contribution in [2.45, 2.75) is 40.3 Å². The number of ether oxygens (including phenoxy) is 3. The molecule has 0 saturated carbocycles. The summed E-state index contributed by atoms with van der Waals surface area (Å²) in [4.78, 5) is 36.4. The standard InChI is InChI=1S/C20H24N2O7/c1-5-26-19(24)17(20(25)27-6-2)21-18(23)14-7-9-15(10-8-14)28-11-16-12(3)22-29-13(16)4/h7-10,17H,5-6,11H2,1-4H3,(H,21,23). The summed E-state index contributed by atoms with van der Waals surface area (Å²) >= 11 is 0. The first-order valence-corrected chi connectivity index (χ1v) is 9.16. The monoisotopic (exact) mass is 404 g/mol. The molecule has 2 rings (SSSR count). The van der Waals surface area contributed by atoms with Crippen LogP contribution in [0.25, 0.3) is 0 Å². The first-order chi connectivity index (χ1) is 13.9. The molecule has 9 heteroatoms. The van der Waals surface area contributed by atoms with Gasteiger partial charge in [0, 0.05) is 5.56 Å². The molecule has 0 atom stereocenters. The Balaban J connectivity index is 2.02. The minimum absolute atomic E-state index is 0.0712. The molecule has 1 aromatic carbocycles. The van der Waals surface area contributed by atoms with E-state index in [2.05, 4.69) is 10.5 Å². The Morgan fingerprint density at radius 3 is 2.10 bits per heavy atom. The highest BCUT2D eigenvalue weighted by atomic mass is 16.6. The number of hydrogen-bond acceptors (Lipinski definition) is 8. The maximum absolute atomic E-state index is 12.4.